The number of halogens is 3. The van der Waals surface area contributed by atoms with Gasteiger partial charge in [0.05, 0.1) is 11.6 Å². The molecule has 0 aliphatic carbocycles. The summed E-state index contributed by atoms with van der Waals surface area (Å²) in [6.07, 6.45) is 0.514. The van der Waals surface area contributed by atoms with E-state index in [1.54, 1.807) is 24.3 Å². The SMILES string of the molecule is O=C(Nc1ccc(Br)cc1F)C1COc2ccc(Cl)cc2C1. The first-order chi connectivity index (χ1) is 10.5. The number of amides is 1. The Morgan fingerprint density at radius 2 is 2.14 bits per heavy atom. The van der Waals surface area contributed by atoms with Gasteiger partial charge in [0.15, 0.2) is 0 Å². The molecule has 1 aliphatic heterocycles. The lowest BCUT2D eigenvalue weighted by atomic mass is 9.96. The molecule has 114 valence electrons. The average molecular weight is 385 g/mol. The van der Waals surface area contributed by atoms with Crippen molar-refractivity contribution in [3.05, 3.63) is 57.3 Å². The van der Waals surface area contributed by atoms with E-state index in [2.05, 4.69) is 21.2 Å². The Labute approximate surface area is 140 Å². The van der Waals surface area contributed by atoms with Crippen LogP contribution < -0.4 is 10.1 Å². The Morgan fingerprint density at radius 3 is 2.91 bits per heavy atom. The summed E-state index contributed by atoms with van der Waals surface area (Å²) in [6, 6.07) is 9.83. The van der Waals surface area contributed by atoms with Crippen molar-refractivity contribution in [3.63, 3.8) is 0 Å². The first kappa shape index (κ1) is 15.3. The lowest BCUT2D eigenvalue weighted by molar-refractivity contribution is -0.121. The zero-order valence-corrected chi connectivity index (χ0v) is 13.7. The molecule has 0 spiro atoms. The fraction of sp³-hybridized carbons (Fsp3) is 0.188. The van der Waals surface area contributed by atoms with Gasteiger partial charge in [-0.15, -0.1) is 0 Å². The van der Waals surface area contributed by atoms with E-state index in [0.29, 0.717) is 15.9 Å². The summed E-state index contributed by atoms with van der Waals surface area (Å²) in [6.45, 7) is 0.263. The van der Waals surface area contributed by atoms with E-state index in [4.69, 9.17) is 16.3 Å². The highest BCUT2D eigenvalue weighted by atomic mass is 79.9. The first-order valence-corrected chi connectivity index (χ1v) is 7.87. The zero-order valence-electron chi connectivity index (χ0n) is 11.4. The zero-order chi connectivity index (χ0) is 15.7. The van der Waals surface area contributed by atoms with Crippen molar-refractivity contribution in [3.8, 4) is 5.75 Å². The van der Waals surface area contributed by atoms with E-state index in [9.17, 15) is 9.18 Å². The van der Waals surface area contributed by atoms with Gasteiger partial charge in [0.2, 0.25) is 5.91 Å². The maximum Gasteiger partial charge on any atom is 0.231 e. The topological polar surface area (TPSA) is 38.3 Å². The standard InChI is InChI=1S/C16H12BrClFNO2/c17-11-1-3-14(13(19)7-11)20-16(21)10-5-9-6-12(18)2-4-15(9)22-8-10/h1-4,6-7,10H,5,8H2,(H,20,21). The van der Waals surface area contributed by atoms with Gasteiger partial charge in [0, 0.05) is 9.50 Å². The monoisotopic (exact) mass is 383 g/mol. The normalized spacial score (nSPS) is 16.6. The summed E-state index contributed by atoms with van der Waals surface area (Å²) in [5.41, 5.74) is 1.04. The van der Waals surface area contributed by atoms with Crippen molar-refractivity contribution in [2.75, 3.05) is 11.9 Å². The molecule has 0 aromatic heterocycles. The molecule has 2 aromatic rings. The molecule has 0 saturated heterocycles. The van der Waals surface area contributed by atoms with E-state index in [1.165, 1.54) is 12.1 Å². The Bertz CT molecular complexity index is 738. The van der Waals surface area contributed by atoms with Crippen molar-refractivity contribution in [1.29, 1.82) is 0 Å². The molecule has 0 fully saturated rings. The van der Waals surface area contributed by atoms with Gasteiger partial charge < -0.3 is 10.1 Å². The molecule has 1 atom stereocenters. The maximum atomic E-state index is 13.8. The largest absolute Gasteiger partial charge is 0.492 e. The van der Waals surface area contributed by atoms with Crippen LogP contribution in [0.1, 0.15) is 5.56 Å². The predicted molar refractivity (Wildman–Crippen MR) is 86.9 cm³/mol. The van der Waals surface area contributed by atoms with Crippen molar-refractivity contribution >= 4 is 39.1 Å². The molecule has 0 bridgehead atoms. The summed E-state index contributed by atoms with van der Waals surface area (Å²) in [7, 11) is 0. The lowest BCUT2D eigenvalue weighted by Crippen LogP contribution is -2.32. The molecule has 1 N–H and O–H groups in total. The van der Waals surface area contributed by atoms with Gasteiger partial charge in [-0.3, -0.25) is 4.79 Å². The van der Waals surface area contributed by atoms with Gasteiger partial charge in [0.25, 0.3) is 0 Å². The summed E-state index contributed by atoms with van der Waals surface area (Å²) in [4.78, 5) is 12.3. The Kier molecular flexibility index (Phi) is 4.36. The summed E-state index contributed by atoms with van der Waals surface area (Å²) >= 11 is 9.14. The number of fused-ring (bicyclic) bond motifs is 1. The molecular weight excluding hydrogens is 373 g/mol. The third-order valence-corrected chi connectivity index (χ3v) is 4.22. The fourth-order valence-electron chi connectivity index (χ4n) is 2.36. The highest BCUT2D eigenvalue weighted by Crippen LogP contribution is 2.30. The maximum absolute atomic E-state index is 13.8. The minimum atomic E-state index is -0.483. The molecule has 1 unspecified atom stereocenters. The molecule has 0 radical (unpaired) electrons. The Balaban J connectivity index is 1.74. The number of benzene rings is 2. The summed E-state index contributed by atoms with van der Waals surface area (Å²) in [5.74, 6) is -0.396. The Hall–Kier alpha value is -1.59. The van der Waals surface area contributed by atoms with Crippen LogP contribution in [0.25, 0.3) is 0 Å². The number of carbonyl (C=O) groups is 1. The highest BCUT2D eigenvalue weighted by Gasteiger charge is 2.26. The van der Waals surface area contributed by atoms with Gasteiger partial charge in [-0.25, -0.2) is 4.39 Å². The highest BCUT2D eigenvalue weighted by molar-refractivity contribution is 9.10. The number of hydrogen-bond donors (Lipinski definition) is 1. The second kappa shape index (κ2) is 6.26. The fourth-order valence-corrected chi connectivity index (χ4v) is 2.88. The van der Waals surface area contributed by atoms with Crippen LogP contribution in [0.3, 0.4) is 0 Å². The van der Waals surface area contributed by atoms with Gasteiger partial charge >= 0.3 is 0 Å². The lowest BCUT2D eigenvalue weighted by Gasteiger charge is -2.24. The van der Waals surface area contributed by atoms with E-state index >= 15 is 0 Å². The number of ether oxygens (including phenoxy) is 1. The molecule has 2 aromatic carbocycles. The summed E-state index contributed by atoms with van der Waals surface area (Å²) in [5, 5.41) is 3.20. The van der Waals surface area contributed by atoms with Gasteiger partial charge in [-0.2, -0.15) is 0 Å². The van der Waals surface area contributed by atoms with Crippen LogP contribution in [-0.2, 0) is 11.2 Å². The molecule has 6 heteroatoms. The van der Waals surface area contributed by atoms with Crippen LogP contribution in [0.5, 0.6) is 5.75 Å². The number of anilines is 1. The van der Waals surface area contributed by atoms with Gasteiger partial charge in [0.1, 0.15) is 18.2 Å². The predicted octanol–water partition coefficient (Wildman–Crippen LogP) is 4.43. The first-order valence-electron chi connectivity index (χ1n) is 6.70. The summed E-state index contributed by atoms with van der Waals surface area (Å²) < 4.78 is 20.0. The van der Waals surface area contributed by atoms with Crippen LogP contribution >= 0.6 is 27.5 Å². The molecule has 22 heavy (non-hydrogen) atoms. The quantitative estimate of drug-likeness (QED) is 0.832. The van der Waals surface area contributed by atoms with E-state index in [0.717, 1.165) is 11.3 Å². The van der Waals surface area contributed by atoms with Crippen LogP contribution in [-0.4, -0.2) is 12.5 Å². The van der Waals surface area contributed by atoms with Crippen LogP contribution in [0, 0.1) is 11.7 Å². The van der Waals surface area contributed by atoms with Crippen molar-refractivity contribution < 1.29 is 13.9 Å². The minimum Gasteiger partial charge on any atom is -0.492 e. The van der Waals surface area contributed by atoms with Crippen LogP contribution in [0.4, 0.5) is 10.1 Å². The third kappa shape index (κ3) is 3.25. The van der Waals surface area contributed by atoms with Crippen LogP contribution in [0.2, 0.25) is 5.02 Å². The molecule has 1 aliphatic rings. The molecular formula is C16H12BrClFNO2. The van der Waals surface area contributed by atoms with Crippen molar-refractivity contribution in [2.24, 2.45) is 5.92 Å². The van der Waals surface area contributed by atoms with Gasteiger partial charge in [-0.1, -0.05) is 27.5 Å². The molecule has 0 saturated carbocycles. The van der Waals surface area contributed by atoms with E-state index in [-0.39, 0.29) is 24.1 Å². The van der Waals surface area contributed by atoms with Crippen molar-refractivity contribution in [2.45, 2.75) is 6.42 Å². The van der Waals surface area contributed by atoms with Gasteiger partial charge in [-0.05, 0) is 48.4 Å². The van der Waals surface area contributed by atoms with Crippen molar-refractivity contribution in [1.82, 2.24) is 0 Å². The number of carbonyl (C=O) groups excluding carboxylic acids is 1. The smallest absolute Gasteiger partial charge is 0.231 e. The number of nitrogens with one attached hydrogen (secondary N) is 1. The van der Waals surface area contributed by atoms with E-state index in [1.807, 2.05) is 0 Å². The molecule has 3 nitrogen and oxygen atoms in total. The number of rotatable bonds is 2. The number of hydrogen-bond acceptors (Lipinski definition) is 2. The third-order valence-electron chi connectivity index (χ3n) is 3.49. The van der Waals surface area contributed by atoms with E-state index < -0.39 is 5.82 Å². The second-order valence-corrected chi connectivity index (χ2v) is 6.43. The molecule has 1 amide bonds. The molecule has 3 rings (SSSR count). The molecule has 1 heterocycles. The second-order valence-electron chi connectivity index (χ2n) is 5.08. The Morgan fingerprint density at radius 1 is 1.32 bits per heavy atom. The van der Waals surface area contributed by atoms with Crippen LogP contribution in [0.15, 0.2) is 40.9 Å². The average Bonchev–Trinajstić information content (AvgIpc) is 2.49. The minimum absolute atomic E-state index is 0.157.